The molecule has 2 aliphatic rings. The van der Waals surface area contributed by atoms with Gasteiger partial charge in [0, 0.05) is 5.56 Å². The summed E-state index contributed by atoms with van der Waals surface area (Å²) >= 11 is 0. The van der Waals surface area contributed by atoms with Gasteiger partial charge in [-0.15, -0.1) is 0 Å². The summed E-state index contributed by atoms with van der Waals surface area (Å²) in [5, 5.41) is 5.64. The molecule has 0 saturated carbocycles. The van der Waals surface area contributed by atoms with Crippen LogP contribution >= 0.6 is 0 Å². The van der Waals surface area contributed by atoms with Gasteiger partial charge in [-0.3, -0.25) is 0 Å². The highest BCUT2D eigenvalue weighted by Gasteiger charge is 2.13. The van der Waals surface area contributed by atoms with E-state index in [-0.39, 0.29) is 0 Å². The molecule has 2 heteroatoms. The zero-order chi connectivity index (χ0) is 18.8. The Bertz CT molecular complexity index is 1180. The second kappa shape index (κ2) is 7.40. The molecule has 0 fully saturated rings. The van der Waals surface area contributed by atoms with Crippen LogP contribution in [0.5, 0.6) is 0 Å². The van der Waals surface area contributed by atoms with Crippen LogP contribution in [-0.2, 0) is 17.7 Å². The minimum atomic E-state index is 1.02. The Hall–Kier alpha value is -3.26. The Balaban J connectivity index is 0.000000145. The zero-order valence-electron chi connectivity index (χ0n) is 15.8. The van der Waals surface area contributed by atoms with Gasteiger partial charge >= 0.3 is 0 Å². The van der Waals surface area contributed by atoms with Crippen LogP contribution in [0.1, 0.15) is 29.5 Å². The van der Waals surface area contributed by atoms with E-state index in [0.717, 1.165) is 11.3 Å². The first-order valence-corrected chi connectivity index (χ1v) is 10.00. The third-order valence-corrected chi connectivity index (χ3v) is 5.70. The number of aryl methyl sites for hydroxylation is 2. The van der Waals surface area contributed by atoms with Crippen LogP contribution in [0.4, 0.5) is 5.69 Å². The highest BCUT2D eigenvalue weighted by molar-refractivity contribution is 6.08. The number of benzene rings is 4. The molecule has 4 aromatic carbocycles. The Morgan fingerprint density at radius 3 is 2.46 bits per heavy atom. The van der Waals surface area contributed by atoms with Gasteiger partial charge < -0.3 is 4.84 Å². The predicted molar refractivity (Wildman–Crippen MR) is 118 cm³/mol. The Morgan fingerprint density at radius 1 is 0.679 bits per heavy atom. The smallest absolute Gasteiger partial charge is 0.119 e. The molecule has 2 nitrogen and oxygen atoms in total. The van der Waals surface area contributed by atoms with Crippen molar-refractivity contribution in [2.24, 2.45) is 0 Å². The summed E-state index contributed by atoms with van der Waals surface area (Å²) in [6.45, 7) is 0. The lowest BCUT2D eigenvalue weighted by atomic mass is 9.86. The van der Waals surface area contributed by atoms with Crippen LogP contribution in [0.15, 0.2) is 79.1 Å². The van der Waals surface area contributed by atoms with Gasteiger partial charge in [0.25, 0.3) is 0 Å². The fourth-order valence-electron chi connectivity index (χ4n) is 4.28. The molecule has 0 aromatic heterocycles. The van der Waals surface area contributed by atoms with Crippen LogP contribution in [0.3, 0.4) is 0 Å². The molecule has 4 aromatic rings. The van der Waals surface area contributed by atoms with Gasteiger partial charge in [-0.25, -0.2) is 5.48 Å². The third kappa shape index (κ3) is 3.11. The molecule has 0 spiro atoms. The number of rotatable bonds is 0. The Kier molecular flexibility index (Phi) is 4.46. The molecule has 1 aliphatic carbocycles. The summed E-state index contributed by atoms with van der Waals surface area (Å²) < 4.78 is 0. The van der Waals surface area contributed by atoms with Gasteiger partial charge in [0.05, 0.1) is 5.69 Å². The van der Waals surface area contributed by atoms with E-state index < -0.39 is 0 Å². The summed E-state index contributed by atoms with van der Waals surface area (Å²) in [6, 6.07) is 25.9. The molecular weight excluding hydrogens is 342 g/mol. The van der Waals surface area contributed by atoms with E-state index in [1.54, 1.807) is 17.4 Å². The molecule has 0 amide bonds. The van der Waals surface area contributed by atoms with Crippen molar-refractivity contribution in [1.29, 1.82) is 0 Å². The van der Waals surface area contributed by atoms with E-state index in [1.807, 2.05) is 30.3 Å². The molecule has 0 saturated heterocycles. The fourth-order valence-corrected chi connectivity index (χ4v) is 4.28. The number of hydrogen-bond acceptors (Lipinski definition) is 2. The summed E-state index contributed by atoms with van der Waals surface area (Å²) in [5.41, 5.74) is 8.13. The maximum Gasteiger partial charge on any atom is 0.119 e. The minimum Gasteiger partial charge on any atom is -0.390 e. The molecule has 1 heterocycles. The lowest BCUT2D eigenvalue weighted by Gasteiger charge is -2.18. The van der Waals surface area contributed by atoms with Gasteiger partial charge in [-0.1, -0.05) is 66.7 Å². The van der Waals surface area contributed by atoms with Crippen LogP contribution in [0.2, 0.25) is 0 Å². The summed E-state index contributed by atoms with van der Waals surface area (Å²) in [7, 11) is 0. The van der Waals surface area contributed by atoms with E-state index in [2.05, 4.69) is 54.0 Å². The first kappa shape index (κ1) is 16.9. The molecule has 0 atom stereocenters. The quantitative estimate of drug-likeness (QED) is 0.343. The van der Waals surface area contributed by atoms with E-state index in [4.69, 9.17) is 4.84 Å². The van der Waals surface area contributed by atoms with Crippen molar-refractivity contribution in [3.8, 4) is 0 Å². The fraction of sp³-hybridized carbons (Fsp3) is 0.154. The number of hydrogen-bond donors (Lipinski definition) is 1. The first-order chi connectivity index (χ1) is 13.9. The second-order valence-corrected chi connectivity index (χ2v) is 7.40. The lowest BCUT2D eigenvalue weighted by molar-refractivity contribution is 0.329. The van der Waals surface area contributed by atoms with Crippen molar-refractivity contribution >= 4 is 33.3 Å². The van der Waals surface area contributed by atoms with Crippen molar-refractivity contribution in [1.82, 2.24) is 0 Å². The normalized spacial score (nSPS) is 14.3. The van der Waals surface area contributed by atoms with Gasteiger partial charge in [0.15, 0.2) is 0 Å². The average molecular weight is 365 g/mol. The van der Waals surface area contributed by atoms with Crippen LogP contribution in [-0.4, -0.2) is 0 Å². The minimum absolute atomic E-state index is 1.02. The summed E-state index contributed by atoms with van der Waals surface area (Å²) in [4.78, 5) is 4.87. The third-order valence-electron chi connectivity index (χ3n) is 5.70. The monoisotopic (exact) mass is 365 g/mol. The zero-order valence-corrected chi connectivity index (χ0v) is 15.8. The van der Waals surface area contributed by atoms with Gasteiger partial charge in [0.1, 0.15) is 6.26 Å². The van der Waals surface area contributed by atoms with Crippen molar-refractivity contribution in [2.75, 3.05) is 5.48 Å². The Morgan fingerprint density at radius 2 is 1.50 bits per heavy atom. The lowest BCUT2D eigenvalue weighted by Crippen LogP contribution is -2.02. The number of anilines is 1. The van der Waals surface area contributed by atoms with Crippen molar-refractivity contribution in [3.63, 3.8) is 0 Å². The Labute approximate surface area is 165 Å². The van der Waals surface area contributed by atoms with E-state index in [9.17, 15) is 0 Å². The number of para-hydroxylation sites is 1. The largest absolute Gasteiger partial charge is 0.390 e. The molecule has 0 radical (unpaired) electrons. The molecule has 6 rings (SSSR count). The summed E-state index contributed by atoms with van der Waals surface area (Å²) in [6.07, 6.45) is 8.77. The van der Waals surface area contributed by atoms with E-state index in [1.165, 1.54) is 47.2 Å². The topological polar surface area (TPSA) is 21.3 Å². The predicted octanol–water partition coefficient (Wildman–Crippen LogP) is 6.89. The standard InChI is InChI=1S/C18H16.C8H7NO/c1-3-7-15-13(5-1)9-11-18-16-8-4-2-6-14(16)10-12-17(15)18;1-2-4-8-7(3-1)5-6-10-9-8/h1,3,5,7,9-12H,2,4,6,8H2;1-6,9H. The number of fused-ring (bicyclic) bond motifs is 6. The molecule has 1 N–H and O–H groups in total. The second-order valence-electron chi connectivity index (χ2n) is 7.40. The van der Waals surface area contributed by atoms with Crippen molar-refractivity contribution in [2.45, 2.75) is 25.7 Å². The van der Waals surface area contributed by atoms with Crippen LogP contribution in [0.25, 0.3) is 27.6 Å². The maximum absolute atomic E-state index is 4.87. The van der Waals surface area contributed by atoms with Crippen LogP contribution in [0, 0.1) is 0 Å². The molecule has 28 heavy (non-hydrogen) atoms. The average Bonchev–Trinajstić information content (AvgIpc) is 2.79. The molecule has 138 valence electrons. The van der Waals surface area contributed by atoms with Crippen molar-refractivity contribution < 1.29 is 4.84 Å². The molecule has 1 aliphatic heterocycles. The first-order valence-electron chi connectivity index (χ1n) is 10.00. The van der Waals surface area contributed by atoms with Crippen LogP contribution < -0.4 is 5.48 Å². The van der Waals surface area contributed by atoms with Gasteiger partial charge in [-0.2, -0.15) is 0 Å². The number of nitrogens with one attached hydrogen (secondary N) is 1. The molecular formula is C26H23NO. The molecule has 0 unspecified atom stereocenters. The van der Waals surface area contributed by atoms with E-state index >= 15 is 0 Å². The van der Waals surface area contributed by atoms with Gasteiger partial charge in [-0.05, 0) is 70.5 Å². The van der Waals surface area contributed by atoms with Gasteiger partial charge in [0.2, 0.25) is 0 Å². The highest BCUT2D eigenvalue weighted by atomic mass is 16.6. The van der Waals surface area contributed by atoms with E-state index in [0.29, 0.717) is 0 Å². The molecule has 0 bridgehead atoms. The van der Waals surface area contributed by atoms with Crippen molar-refractivity contribution in [3.05, 3.63) is 95.7 Å². The SMILES string of the molecule is C1=Cc2ccccc2NO1.c1ccc2c(c1)ccc1c3c(ccc12)CCCC3. The maximum atomic E-state index is 4.87. The summed E-state index contributed by atoms with van der Waals surface area (Å²) in [5.74, 6) is 0. The highest BCUT2D eigenvalue weighted by Crippen LogP contribution is 2.33.